The van der Waals surface area contributed by atoms with E-state index in [4.69, 9.17) is 0 Å². The number of nitro benzene ring substituents is 1. The molecule has 166 valence electrons. The summed E-state index contributed by atoms with van der Waals surface area (Å²) < 4.78 is 1.83. The summed E-state index contributed by atoms with van der Waals surface area (Å²) in [6.07, 6.45) is 0. The number of nitro groups is 1. The number of para-hydroxylation sites is 2. The van der Waals surface area contributed by atoms with Gasteiger partial charge in [0.15, 0.2) is 0 Å². The summed E-state index contributed by atoms with van der Waals surface area (Å²) >= 11 is 0. The number of benzene rings is 2. The molecule has 0 saturated carbocycles. The number of aliphatic hydroxyl groups is 2. The van der Waals surface area contributed by atoms with Gasteiger partial charge in [0.2, 0.25) is 0 Å². The van der Waals surface area contributed by atoms with Crippen molar-refractivity contribution in [3.63, 3.8) is 0 Å². The second kappa shape index (κ2) is 8.83. The van der Waals surface area contributed by atoms with E-state index in [1.807, 2.05) is 33.7 Å². The van der Waals surface area contributed by atoms with E-state index in [1.165, 1.54) is 12.1 Å². The molecule has 11 heteroatoms. The molecule has 3 aromatic rings. The number of hydrogen-bond acceptors (Lipinski definition) is 8. The van der Waals surface area contributed by atoms with Gasteiger partial charge >= 0.3 is 0 Å². The van der Waals surface area contributed by atoms with Gasteiger partial charge in [-0.3, -0.25) is 29.5 Å². The maximum atomic E-state index is 12.9. The molecule has 4 rings (SSSR count). The minimum Gasteiger partial charge on any atom is -0.395 e. The number of imide groups is 1. The van der Waals surface area contributed by atoms with E-state index in [0.717, 1.165) is 16.5 Å². The molecule has 0 aliphatic carbocycles. The third kappa shape index (κ3) is 3.84. The first-order valence-corrected chi connectivity index (χ1v) is 9.97. The number of imidazole rings is 1. The molecule has 2 amide bonds. The molecule has 0 saturated heterocycles. The molecule has 1 aliphatic heterocycles. The predicted octanol–water partition coefficient (Wildman–Crippen LogP) is 0.985. The normalized spacial score (nSPS) is 13.4. The summed E-state index contributed by atoms with van der Waals surface area (Å²) in [5.74, 6) is -0.716. The van der Waals surface area contributed by atoms with Gasteiger partial charge in [0, 0.05) is 25.2 Å². The quantitative estimate of drug-likeness (QED) is 0.285. The van der Waals surface area contributed by atoms with Gasteiger partial charge in [0.05, 0.1) is 53.5 Å². The molecule has 0 unspecified atom stereocenters. The van der Waals surface area contributed by atoms with Crippen molar-refractivity contribution in [2.24, 2.45) is 0 Å². The lowest BCUT2D eigenvalue weighted by Crippen LogP contribution is -2.34. The fourth-order valence-corrected chi connectivity index (χ4v) is 3.82. The number of rotatable bonds is 9. The van der Waals surface area contributed by atoms with Crippen LogP contribution in [0, 0.1) is 10.1 Å². The lowest BCUT2D eigenvalue weighted by molar-refractivity contribution is -0.384. The Morgan fingerprint density at radius 3 is 2.38 bits per heavy atom. The topological polar surface area (TPSA) is 142 Å². The van der Waals surface area contributed by atoms with E-state index < -0.39 is 16.7 Å². The first-order valence-electron chi connectivity index (χ1n) is 9.97. The number of carbonyl (C=O) groups excluding carboxylic acids is 2. The Hall–Kier alpha value is -3.67. The summed E-state index contributed by atoms with van der Waals surface area (Å²) in [4.78, 5) is 43.6. The summed E-state index contributed by atoms with van der Waals surface area (Å²) in [6.45, 7) is 0.608. The highest BCUT2D eigenvalue weighted by Gasteiger charge is 2.37. The van der Waals surface area contributed by atoms with Crippen molar-refractivity contribution in [3.8, 4) is 0 Å². The van der Waals surface area contributed by atoms with Crippen molar-refractivity contribution >= 4 is 28.5 Å². The number of hydrogen-bond donors (Lipinski definition) is 2. The van der Waals surface area contributed by atoms with Crippen LogP contribution in [-0.4, -0.2) is 72.6 Å². The highest BCUT2D eigenvalue weighted by atomic mass is 16.6. The molecular formula is C21H21N5O6. The lowest BCUT2D eigenvalue weighted by Gasteiger charge is -2.23. The van der Waals surface area contributed by atoms with Crippen molar-refractivity contribution in [1.29, 1.82) is 0 Å². The molecule has 0 radical (unpaired) electrons. The van der Waals surface area contributed by atoms with Gasteiger partial charge in [-0.15, -0.1) is 0 Å². The van der Waals surface area contributed by atoms with E-state index >= 15 is 0 Å². The molecule has 2 aromatic carbocycles. The van der Waals surface area contributed by atoms with Gasteiger partial charge in [-0.1, -0.05) is 12.1 Å². The number of nitrogens with zero attached hydrogens (tertiary/aromatic N) is 5. The van der Waals surface area contributed by atoms with E-state index in [2.05, 4.69) is 4.98 Å². The van der Waals surface area contributed by atoms with Crippen molar-refractivity contribution < 1.29 is 24.7 Å². The van der Waals surface area contributed by atoms with Crippen molar-refractivity contribution in [1.82, 2.24) is 19.4 Å². The van der Waals surface area contributed by atoms with Crippen LogP contribution in [-0.2, 0) is 13.2 Å². The van der Waals surface area contributed by atoms with Gasteiger partial charge < -0.3 is 14.8 Å². The van der Waals surface area contributed by atoms with Crippen LogP contribution < -0.4 is 0 Å². The minimum atomic E-state index is -0.616. The molecule has 1 aromatic heterocycles. The van der Waals surface area contributed by atoms with Crippen molar-refractivity contribution in [2.75, 3.05) is 26.3 Å². The van der Waals surface area contributed by atoms with Crippen LogP contribution in [0.1, 0.15) is 26.5 Å². The Morgan fingerprint density at radius 1 is 1.00 bits per heavy atom. The smallest absolute Gasteiger partial charge is 0.270 e. The summed E-state index contributed by atoms with van der Waals surface area (Å²) in [5, 5.41) is 29.7. The van der Waals surface area contributed by atoms with Gasteiger partial charge in [0.1, 0.15) is 5.82 Å². The highest BCUT2D eigenvalue weighted by molar-refractivity contribution is 6.21. The van der Waals surface area contributed by atoms with Gasteiger partial charge in [0.25, 0.3) is 17.5 Å². The number of fused-ring (bicyclic) bond motifs is 2. The van der Waals surface area contributed by atoms with Crippen LogP contribution in [0.2, 0.25) is 0 Å². The fourth-order valence-electron chi connectivity index (χ4n) is 3.82. The molecule has 0 fully saturated rings. The Labute approximate surface area is 182 Å². The number of aromatic nitrogens is 2. The number of carbonyl (C=O) groups is 2. The van der Waals surface area contributed by atoms with Crippen molar-refractivity contribution in [3.05, 3.63) is 69.5 Å². The Balaban J connectivity index is 1.69. The SMILES string of the molecule is O=C1c2ccc([N+](=O)[O-])cc2C(=O)N1Cc1nc2ccccc2n1CN(CCO)CCO. The zero-order valence-corrected chi connectivity index (χ0v) is 17.0. The molecule has 1 aliphatic rings. The zero-order chi connectivity index (χ0) is 22.8. The lowest BCUT2D eigenvalue weighted by atomic mass is 10.1. The molecule has 0 bridgehead atoms. The number of amides is 2. The standard InChI is InChI=1S/C21H21N5O6/c27-9-7-23(8-10-28)13-25-18-4-2-1-3-17(18)22-19(25)12-24-20(29)15-6-5-14(26(31)32)11-16(15)21(24)30/h1-6,11,27-28H,7-10,12-13H2. The Morgan fingerprint density at radius 2 is 1.69 bits per heavy atom. The molecule has 11 nitrogen and oxygen atoms in total. The van der Waals surface area contributed by atoms with E-state index in [-0.39, 0.29) is 43.2 Å². The maximum Gasteiger partial charge on any atom is 0.270 e. The summed E-state index contributed by atoms with van der Waals surface area (Å²) in [5.41, 5.74) is 1.29. The summed E-state index contributed by atoms with van der Waals surface area (Å²) in [6, 6.07) is 10.9. The van der Waals surface area contributed by atoms with Crippen LogP contribution in [0.4, 0.5) is 5.69 Å². The van der Waals surface area contributed by atoms with E-state index in [9.17, 15) is 29.9 Å². The average Bonchev–Trinajstić information content (AvgIpc) is 3.24. The van der Waals surface area contributed by atoms with Crippen LogP contribution >= 0.6 is 0 Å². The second-order valence-electron chi connectivity index (χ2n) is 7.33. The largest absolute Gasteiger partial charge is 0.395 e. The van der Waals surface area contributed by atoms with Crippen LogP contribution in [0.25, 0.3) is 11.0 Å². The van der Waals surface area contributed by atoms with E-state index in [1.54, 1.807) is 0 Å². The molecule has 2 heterocycles. The summed E-state index contributed by atoms with van der Waals surface area (Å²) in [7, 11) is 0. The van der Waals surface area contributed by atoms with Gasteiger partial charge in [-0.2, -0.15) is 0 Å². The fraction of sp³-hybridized carbons (Fsp3) is 0.286. The van der Waals surface area contributed by atoms with Crippen LogP contribution in [0.5, 0.6) is 0 Å². The van der Waals surface area contributed by atoms with Gasteiger partial charge in [-0.05, 0) is 18.2 Å². The molecule has 2 N–H and O–H groups in total. The number of non-ortho nitro benzene ring substituents is 1. The Bertz CT molecular complexity index is 1200. The molecule has 0 atom stereocenters. The first kappa shape index (κ1) is 21.6. The first-order chi connectivity index (χ1) is 15.4. The van der Waals surface area contributed by atoms with Crippen molar-refractivity contribution in [2.45, 2.75) is 13.2 Å². The highest BCUT2D eigenvalue weighted by Crippen LogP contribution is 2.28. The Kier molecular flexibility index (Phi) is 5.95. The molecule has 32 heavy (non-hydrogen) atoms. The van der Waals surface area contributed by atoms with Crippen LogP contribution in [0.15, 0.2) is 42.5 Å². The maximum absolute atomic E-state index is 12.9. The number of aliphatic hydroxyl groups excluding tert-OH is 2. The third-order valence-electron chi connectivity index (χ3n) is 5.37. The third-order valence-corrected chi connectivity index (χ3v) is 5.37. The zero-order valence-electron chi connectivity index (χ0n) is 17.0. The minimum absolute atomic E-state index is 0.00551. The molecular weight excluding hydrogens is 418 g/mol. The predicted molar refractivity (Wildman–Crippen MR) is 113 cm³/mol. The molecule has 0 spiro atoms. The monoisotopic (exact) mass is 439 g/mol. The van der Waals surface area contributed by atoms with E-state index in [0.29, 0.717) is 24.4 Å². The van der Waals surface area contributed by atoms with Gasteiger partial charge in [-0.25, -0.2) is 4.98 Å². The van der Waals surface area contributed by atoms with Crippen LogP contribution in [0.3, 0.4) is 0 Å². The second-order valence-corrected chi connectivity index (χ2v) is 7.33. The average molecular weight is 439 g/mol.